The highest BCUT2D eigenvalue weighted by Gasteiger charge is 2.07. The summed E-state index contributed by atoms with van der Waals surface area (Å²) >= 11 is 0. The number of amides is 1. The zero-order chi connectivity index (χ0) is 28.5. The Morgan fingerprint density at radius 1 is 0.610 bits per heavy atom. The summed E-state index contributed by atoms with van der Waals surface area (Å²) in [5.74, 6) is 1.30. The molecule has 41 heavy (non-hydrogen) atoms. The smallest absolute Gasteiger partial charge is 0.251 e. The van der Waals surface area contributed by atoms with E-state index in [0.29, 0.717) is 76.0 Å². The first kappa shape index (κ1) is 29.4. The highest BCUT2D eigenvalue weighted by Crippen LogP contribution is 2.12. The lowest BCUT2D eigenvalue weighted by Crippen LogP contribution is -2.27. The number of nitrogens with one attached hydrogen (secondary N) is 4. The number of aryl methyl sites for hydroxylation is 1. The Morgan fingerprint density at radius 3 is 1.73 bits per heavy atom. The molecule has 1 heterocycles. The first-order valence-corrected chi connectivity index (χ1v) is 13.7. The second-order valence-corrected chi connectivity index (χ2v) is 9.26. The molecule has 0 aliphatic rings. The van der Waals surface area contributed by atoms with Crippen LogP contribution in [0, 0.1) is 6.92 Å². The average molecular weight is 556 g/mol. The highest BCUT2D eigenvalue weighted by atomic mass is 16.5. The van der Waals surface area contributed by atoms with E-state index in [4.69, 9.17) is 9.47 Å². The number of carbonyl (C=O) groups is 1. The second kappa shape index (κ2) is 16.5. The van der Waals surface area contributed by atoms with Gasteiger partial charge in [-0.05, 0) is 30.2 Å². The van der Waals surface area contributed by atoms with Gasteiger partial charge in [0.1, 0.15) is 0 Å². The normalized spacial score (nSPS) is 10.7. The highest BCUT2D eigenvalue weighted by molar-refractivity contribution is 5.94. The minimum atomic E-state index is -0.109. The molecule has 0 atom stereocenters. The van der Waals surface area contributed by atoms with Gasteiger partial charge in [-0.15, -0.1) is 0 Å². The lowest BCUT2D eigenvalue weighted by molar-refractivity contribution is 0.0519. The molecule has 4 N–H and O–H groups in total. The number of rotatable bonds is 17. The molecule has 4 aromatic rings. The van der Waals surface area contributed by atoms with Crippen LogP contribution in [0.4, 0.5) is 17.8 Å². The van der Waals surface area contributed by atoms with Crippen molar-refractivity contribution in [1.82, 2.24) is 20.3 Å². The van der Waals surface area contributed by atoms with Crippen molar-refractivity contribution in [2.45, 2.75) is 20.0 Å². The van der Waals surface area contributed by atoms with Gasteiger partial charge < -0.3 is 30.7 Å². The van der Waals surface area contributed by atoms with Gasteiger partial charge in [-0.2, -0.15) is 15.0 Å². The van der Waals surface area contributed by atoms with Crippen molar-refractivity contribution in [3.63, 3.8) is 0 Å². The molecule has 0 fully saturated rings. The van der Waals surface area contributed by atoms with Crippen LogP contribution in [0.15, 0.2) is 84.9 Å². The number of hydrogen-bond acceptors (Lipinski definition) is 9. The van der Waals surface area contributed by atoms with Crippen LogP contribution in [0.3, 0.4) is 0 Å². The monoisotopic (exact) mass is 555 g/mol. The first-order valence-electron chi connectivity index (χ1n) is 13.7. The molecule has 0 unspecified atom stereocenters. The summed E-state index contributed by atoms with van der Waals surface area (Å²) in [4.78, 5) is 25.6. The van der Waals surface area contributed by atoms with Crippen molar-refractivity contribution in [2.75, 3.05) is 55.5 Å². The number of anilines is 3. The Labute approximate surface area is 240 Å². The van der Waals surface area contributed by atoms with E-state index in [9.17, 15) is 4.79 Å². The van der Waals surface area contributed by atoms with Gasteiger partial charge in [-0.1, -0.05) is 78.4 Å². The van der Waals surface area contributed by atoms with Crippen molar-refractivity contribution in [3.8, 4) is 0 Å². The molecule has 0 bridgehead atoms. The Balaban J connectivity index is 1.17. The molecular weight excluding hydrogens is 518 g/mol. The van der Waals surface area contributed by atoms with Crippen LogP contribution in [-0.4, -0.2) is 60.4 Å². The van der Waals surface area contributed by atoms with Crippen molar-refractivity contribution in [2.24, 2.45) is 0 Å². The van der Waals surface area contributed by atoms with Crippen LogP contribution in [-0.2, 0) is 22.6 Å². The minimum absolute atomic E-state index is 0.109. The van der Waals surface area contributed by atoms with Crippen LogP contribution >= 0.6 is 0 Å². The fraction of sp³-hybridized carbons (Fsp3) is 0.290. The standard InChI is InChI=1S/C31H37N7O3/c1-24-12-14-26(15-13-24)23-35-31-37-29(36-30(38-31)34-22-25-8-4-2-5-9-25)33-17-19-41-21-20-40-18-16-32-28(39)27-10-6-3-7-11-27/h2-15H,16-23H2,1H3,(H,32,39)(H3,33,34,35,36,37,38). The third-order valence-electron chi connectivity index (χ3n) is 5.97. The fourth-order valence-corrected chi connectivity index (χ4v) is 3.76. The van der Waals surface area contributed by atoms with Gasteiger partial charge in [0.25, 0.3) is 5.91 Å². The number of nitrogens with zero attached hydrogens (tertiary/aromatic N) is 3. The van der Waals surface area contributed by atoms with Gasteiger partial charge in [0.2, 0.25) is 17.8 Å². The van der Waals surface area contributed by atoms with Gasteiger partial charge in [0.15, 0.2) is 0 Å². The Kier molecular flexibility index (Phi) is 11.9. The van der Waals surface area contributed by atoms with Gasteiger partial charge in [0.05, 0.1) is 26.4 Å². The minimum Gasteiger partial charge on any atom is -0.377 e. The molecule has 4 rings (SSSR count). The third kappa shape index (κ3) is 10.9. The summed E-state index contributed by atoms with van der Waals surface area (Å²) in [5.41, 5.74) is 4.12. The molecule has 1 aromatic heterocycles. The molecule has 0 radical (unpaired) electrons. The molecule has 0 aliphatic heterocycles. The Hall–Kier alpha value is -4.54. The predicted molar refractivity (Wildman–Crippen MR) is 161 cm³/mol. The van der Waals surface area contributed by atoms with E-state index >= 15 is 0 Å². The summed E-state index contributed by atoms with van der Waals surface area (Å²) < 4.78 is 11.2. The number of aromatic nitrogens is 3. The lowest BCUT2D eigenvalue weighted by Gasteiger charge is -2.12. The SMILES string of the molecule is Cc1ccc(CNc2nc(NCCOCCOCCNC(=O)c3ccccc3)nc(NCc3ccccc3)n2)cc1. The maximum atomic E-state index is 12.0. The Bertz CT molecular complexity index is 1320. The predicted octanol–water partition coefficient (Wildman–Crippen LogP) is 4.28. The average Bonchev–Trinajstić information content (AvgIpc) is 3.01. The van der Waals surface area contributed by atoms with Gasteiger partial charge in [-0.3, -0.25) is 4.79 Å². The maximum Gasteiger partial charge on any atom is 0.251 e. The molecule has 1 amide bonds. The van der Waals surface area contributed by atoms with Crippen LogP contribution in [0.25, 0.3) is 0 Å². The lowest BCUT2D eigenvalue weighted by atomic mass is 10.1. The van der Waals surface area contributed by atoms with Crippen molar-refractivity contribution >= 4 is 23.8 Å². The largest absolute Gasteiger partial charge is 0.377 e. The quantitative estimate of drug-likeness (QED) is 0.141. The molecule has 10 nitrogen and oxygen atoms in total. The molecular formula is C31H37N7O3. The van der Waals surface area contributed by atoms with Crippen molar-refractivity contribution < 1.29 is 14.3 Å². The van der Waals surface area contributed by atoms with E-state index in [1.165, 1.54) is 5.56 Å². The van der Waals surface area contributed by atoms with Crippen LogP contribution in [0.5, 0.6) is 0 Å². The number of ether oxygens (including phenoxy) is 2. The van der Waals surface area contributed by atoms with E-state index in [0.717, 1.165) is 11.1 Å². The fourth-order valence-electron chi connectivity index (χ4n) is 3.76. The molecule has 214 valence electrons. The van der Waals surface area contributed by atoms with Gasteiger partial charge in [0, 0.05) is 31.7 Å². The van der Waals surface area contributed by atoms with E-state index in [1.54, 1.807) is 12.1 Å². The van der Waals surface area contributed by atoms with E-state index < -0.39 is 0 Å². The zero-order valence-corrected chi connectivity index (χ0v) is 23.3. The van der Waals surface area contributed by atoms with E-state index in [2.05, 4.69) is 67.4 Å². The number of carbonyl (C=O) groups excluding carboxylic acids is 1. The first-order chi connectivity index (χ1) is 20.2. The van der Waals surface area contributed by atoms with E-state index in [1.807, 2.05) is 48.5 Å². The van der Waals surface area contributed by atoms with Crippen molar-refractivity contribution in [3.05, 3.63) is 107 Å². The van der Waals surface area contributed by atoms with Crippen LogP contribution < -0.4 is 21.3 Å². The molecule has 0 saturated heterocycles. The van der Waals surface area contributed by atoms with Crippen LogP contribution in [0.2, 0.25) is 0 Å². The molecule has 0 aliphatic carbocycles. The summed E-state index contributed by atoms with van der Waals surface area (Å²) in [6.45, 7) is 5.98. The maximum absolute atomic E-state index is 12.0. The third-order valence-corrected chi connectivity index (χ3v) is 5.97. The topological polar surface area (TPSA) is 122 Å². The molecule has 10 heteroatoms. The summed E-state index contributed by atoms with van der Waals surface area (Å²) in [7, 11) is 0. The molecule has 0 spiro atoms. The van der Waals surface area contributed by atoms with E-state index in [-0.39, 0.29) is 5.91 Å². The Morgan fingerprint density at radius 2 is 1.12 bits per heavy atom. The molecule has 0 saturated carbocycles. The van der Waals surface area contributed by atoms with Gasteiger partial charge in [-0.25, -0.2) is 0 Å². The number of hydrogen-bond donors (Lipinski definition) is 4. The summed E-state index contributed by atoms with van der Waals surface area (Å²) in [6.07, 6.45) is 0. The van der Waals surface area contributed by atoms with Gasteiger partial charge >= 0.3 is 0 Å². The number of benzene rings is 3. The second-order valence-electron chi connectivity index (χ2n) is 9.26. The van der Waals surface area contributed by atoms with Crippen molar-refractivity contribution in [1.29, 1.82) is 0 Å². The molecule has 3 aromatic carbocycles. The summed E-state index contributed by atoms with van der Waals surface area (Å²) in [5, 5.41) is 12.6. The van der Waals surface area contributed by atoms with Crippen LogP contribution in [0.1, 0.15) is 27.0 Å². The zero-order valence-electron chi connectivity index (χ0n) is 23.3. The summed E-state index contributed by atoms with van der Waals surface area (Å²) in [6, 6.07) is 27.5.